The van der Waals surface area contributed by atoms with Crippen LogP contribution in [0.1, 0.15) is 15.9 Å². The minimum absolute atomic E-state index is 0.0954. The predicted molar refractivity (Wildman–Crippen MR) is 63.5 cm³/mol. The molecule has 0 saturated heterocycles. The van der Waals surface area contributed by atoms with E-state index in [0.29, 0.717) is 6.54 Å². The van der Waals surface area contributed by atoms with Crippen LogP contribution in [0.2, 0.25) is 5.02 Å². The summed E-state index contributed by atoms with van der Waals surface area (Å²) in [5.41, 5.74) is 6.10. The van der Waals surface area contributed by atoms with Crippen molar-refractivity contribution >= 4 is 17.5 Å². The first-order chi connectivity index (χ1) is 8.13. The molecule has 0 unspecified atom stereocenters. The Morgan fingerprint density at radius 1 is 1.41 bits per heavy atom. The first-order valence-corrected chi connectivity index (χ1v) is 5.37. The van der Waals surface area contributed by atoms with Crippen LogP contribution in [0.5, 0.6) is 0 Å². The van der Waals surface area contributed by atoms with Gasteiger partial charge in [-0.1, -0.05) is 17.7 Å². The number of hydrogen-bond acceptors (Lipinski definition) is 2. The predicted octanol–water partition coefficient (Wildman–Crippen LogP) is 2.43. The summed E-state index contributed by atoms with van der Waals surface area (Å²) in [7, 11) is 0. The number of nitrogens with zero attached hydrogens (tertiary/aromatic N) is 1. The highest BCUT2D eigenvalue weighted by Crippen LogP contribution is 2.20. The van der Waals surface area contributed by atoms with Gasteiger partial charge in [0.2, 0.25) is 0 Å². The standard InChI is InChI=1S/C12H10ClFN2O/c13-9-2-1-3-10(14)11(9)12(17)16-5-4-8(6-15)7-16/h1-5,7H,6,15H2. The third-order valence-electron chi connectivity index (χ3n) is 2.40. The van der Waals surface area contributed by atoms with Gasteiger partial charge in [0, 0.05) is 18.9 Å². The number of benzene rings is 1. The van der Waals surface area contributed by atoms with Crippen LogP contribution in [0, 0.1) is 5.82 Å². The molecule has 1 aromatic carbocycles. The van der Waals surface area contributed by atoms with Gasteiger partial charge >= 0.3 is 0 Å². The van der Waals surface area contributed by atoms with Crippen molar-refractivity contribution in [2.75, 3.05) is 0 Å². The molecule has 17 heavy (non-hydrogen) atoms. The van der Waals surface area contributed by atoms with Crippen molar-refractivity contribution in [1.82, 2.24) is 4.57 Å². The molecule has 0 aliphatic rings. The molecule has 2 rings (SSSR count). The number of hydrogen-bond donors (Lipinski definition) is 1. The molecule has 0 radical (unpaired) electrons. The van der Waals surface area contributed by atoms with E-state index in [4.69, 9.17) is 17.3 Å². The minimum atomic E-state index is -0.634. The maximum absolute atomic E-state index is 13.5. The number of halogens is 2. The topological polar surface area (TPSA) is 48.0 Å². The smallest absolute Gasteiger partial charge is 0.266 e. The van der Waals surface area contributed by atoms with Gasteiger partial charge < -0.3 is 5.73 Å². The fourth-order valence-corrected chi connectivity index (χ4v) is 1.76. The van der Waals surface area contributed by atoms with E-state index in [0.717, 1.165) is 5.56 Å². The molecule has 2 N–H and O–H groups in total. The minimum Gasteiger partial charge on any atom is -0.326 e. The van der Waals surface area contributed by atoms with Gasteiger partial charge in [0.1, 0.15) is 5.82 Å². The molecule has 0 saturated carbocycles. The number of aromatic nitrogens is 1. The van der Waals surface area contributed by atoms with E-state index in [-0.39, 0.29) is 10.6 Å². The van der Waals surface area contributed by atoms with Crippen LogP contribution in [0.3, 0.4) is 0 Å². The summed E-state index contributed by atoms with van der Waals surface area (Å²) in [6.07, 6.45) is 3.10. The lowest BCUT2D eigenvalue weighted by molar-refractivity contribution is 0.0956. The number of carbonyl (C=O) groups is 1. The van der Waals surface area contributed by atoms with Crippen molar-refractivity contribution in [2.45, 2.75) is 6.54 Å². The maximum atomic E-state index is 13.5. The Morgan fingerprint density at radius 3 is 2.76 bits per heavy atom. The van der Waals surface area contributed by atoms with Gasteiger partial charge in [0.25, 0.3) is 5.91 Å². The quantitative estimate of drug-likeness (QED) is 0.892. The monoisotopic (exact) mass is 252 g/mol. The van der Waals surface area contributed by atoms with Gasteiger partial charge in [-0.15, -0.1) is 0 Å². The highest BCUT2D eigenvalue weighted by atomic mass is 35.5. The maximum Gasteiger partial charge on any atom is 0.266 e. The zero-order valence-electron chi connectivity index (χ0n) is 8.86. The van der Waals surface area contributed by atoms with Gasteiger partial charge in [-0.3, -0.25) is 9.36 Å². The lowest BCUT2D eigenvalue weighted by Crippen LogP contribution is -2.12. The molecule has 0 bridgehead atoms. The zero-order valence-corrected chi connectivity index (χ0v) is 9.62. The SMILES string of the molecule is NCc1ccn(C(=O)c2c(F)cccc2Cl)c1. The van der Waals surface area contributed by atoms with Crippen molar-refractivity contribution in [1.29, 1.82) is 0 Å². The highest BCUT2D eigenvalue weighted by molar-refractivity contribution is 6.33. The Balaban J connectivity index is 2.43. The van der Waals surface area contributed by atoms with Crippen LogP contribution in [-0.4, -0.2) is 10.5 Å². The van der Waals surface area contributed by atoms with Crippen molar-refractivity contribution < 1.29 is 9.18 Å². The van der Waals surface area contributed by atoms with Crippen molar-refractivity contribution in [3.05, 3.63) is 58.6 Å². The third kappa shape index (κ3) is 2.23. The molecular weight excluding hydrogens is 243 g/mol. The van der Waals surface area contributed by atoms with Crippen LogP contribution in [0.15, 0.2) is 36.7 Å². The van der Waals surface area contributed by atoms with E-state index in [9.17, 15) is 9.18 Å². The molecule has 0 fully saturated rings. The second-order valence-electron chi connectivity index (χ2n) is 3.53. The summed E-state index contributed by atoms with van der Waals surface area (Å²) < 4.78 is 14.8. The molecule has 88 valence electrons. The normalized spacial score (nSPS) is 10.5. The highest BCUT2D eigenvalue weighted by Gasteiger charge is 2.17. The summed E-state index contributed by atoms with van der Waals surface area (Å²) in [4.78, 5) is 12.0. The summed E-state index contributed by atoms with van der Waals surface area (Å²) >= 11 is 5.82. The number of nitrogens with two attached hydrogens (primary N) is 1. The second kappa shape index (κ2) is 4.69. The van der Waals surface area contributed by atoms with Crippen LogP contribution in [0.4, 0.5) is 4.39 Å². The molecule has 1 aromatic heterocycles. The molecule has 1 heterocycles. The largest absolute Gasteiger partial charge is 0.326 e. The van der Waals surface area contributed by atoms with Crippen LogP contribution in [-0.2, 0) is 6.54 Å². The molecule has 2 aromatic rings. The first kappa shape index (κ1) is 11.8. The summed E-state index contributed by atoms with van der Waals surface area (Å²) in [5.74, 6) is -1.14. The van der Waals surface area contributed by atoms with Gasteiger partial charge in [0.15, 0.2) is 0 Å². The van der Waals surface area contributed by atoms with E-state index in [1.165, 1.54) is 29.0 Å². The Kier molecular flexibility index (Phi) is 3.26. The Hall–Kier alpha value is -1.65. The lowest BCUT2D eigenvalue weighted by Gasteiger charge is -2.05. The average molecular weight is 253 g/mol. The van der Waals surface area contributed by atoms with Crippen LogP contribution < -0.4 is 5.73 Å². The van der Waals surface area contributed by atoms with Crippen molar-refractivity contribution in [2.24, 2.45) is 5.73 Å². The molecule has 5 heteroatoms. The summed E-state index contributed by atoms with van der Waals surface area (Å²) in [6, 6.07) is 5.83. The van der Waals surface area contributed by atoms with Gasteiger partial charge in [0.05, 0.1) is 10.6 Å². The molecule has 0 amide bonds. The first-order valence-electron chi connectivity index (χ1n) is 4.99. The van der Waals surface area contributed by atoms with E-state index in [1.807, 2.05) is 0 Å². The Morgan fingerprint density at radius 2 is 2.18 bits per heavy atom. The fourth-order valence-electron chi connectivity index (χ4n) is 1.52. The van der Waals surface area contributed by atoms with E-state index >= 15 is 0 Å². The lowest BCUT2D eigenvalue weighted by atomic mass is 10.2. The van der Waals surface area contributed by atoms with Gasteiger partial charge in [-0.2, -0.15) is 0 Å². The number of rotatable bonds is 2. The summed E-state index contributed by atoms with van der Waals surface area (Å²) in [6.45, 7) is 0.325. The zero-order chi connectivity index (χ0) is 12.4. The number of carbonyl (C=O) groups excluding carboxylic acids is 1. The average Bonchev–Trinajstić information content (AvgIpc) is 2.77. The van der Waals surface area contributed by atoms with Crippen molar-refractivity contribution in [3.63, 3.8) is 0 Å². The van der Waals surface area contributed by atoms with Crippen molar-refractivity contribution in [3.8, 4) is 0 Å². The fraction of sp³-hybridized carbons (Fsp3) is 0.0833. The van der Waals surface area contributed by atoms with E-state index < -0.39 is 11.7 Å². The van der Waals surface area contributed by atoms with Crippen LogP contribution in [0.25, 0.3) is 0 Å². The Bertz CT molecular complexity index is 545. The van der Waals surface area contributed by atoms with Gasteiger partial charge in [-0.05, 0) is 23.8 Å². The van der Waals surface area contributed by atoms with Gasteiger partial charge in [-0.25, -0.2) is 4.39 Å². The molecule has 0 aliphatic carbocycles. The van der Waals surface area contributed by atoms with Crippen LogP contribution >= 0.6 is 11.6 Å². The molecule has 0 atom stereocenters. The molecule has 0 spiro atoms. The third-order valence-corrected chi connectivity index (χ3v) is 2.72. The second-order valence-corrected chi connectivity index (χ2v) is 3.94. The molecular formula is C12H10ClFN2O. The molecule has 3 nitrogen and oxygen atoms in total. The van der Waals surface area contributed by atoms with E-state index in [1.54, 1.807) is 12.3 Å². The van der Waals surface area contributed by atoms with E-state index in [2.05, 4.69) is 0 Å². The molecule has 0 aliphatic heterocycles. The Labute approximate surface area is 103 Å². The summed E-state index contributed by atoms with van der Waals surface area (Å²) in [5, 5.41) is 0.0954.